The molecule has 1 unspecified atom stereocenters. The van der Waals surface area contributed by atoms with Crippen molar-refractivity contribution in [2.24, 2.45) is 0 Å². The number of aromatic nitrogens is 1. The summed E-state index contributed by atoms with van der Waals surface area (Å²) in [5.74, 6) is 0. The van der Waals surface area contributed by atoms with Gasteiger partial charge in [0.15, 0.2) is 0 Å². The molecule has 1 heterocycles. The molecule has 2 nitrogen and oxygen atoms in total. The first kappa shape index (κ1) is 10.1. The van der Waals surface area contributed by atoms with Gasteiger partial charge in [-0.25, -0.2) is 8.78 Å². The van der Waals surface area contributed by atoms with Gasteiger partial charge in [-0.1, -0.05) is 6.07 Å². The molecule has 4 heteroatoms. The minimum atomic E-state index is -2.31. The molecule has 1 rings (SSSR count). The Labute approximate surface area is 76.0 Å². The molecule has 0 saturated carbocycles. The van der Waals surface area contributed by atoms with Crippen LogP contribution < -0.4 is 5.32 Å². The molecule has 0 radical (unpaired) electrons. The third-order valence-electron chi connectivity index (χ3n) is 1.71. The number of nitrogens with zero attached hydrogens (tertiary/aromatic N) is 1. The van der Waals surface area contributed by atoms with Crippen molar-refractivity contribution in [1.82, 2.24) is 10.3 Å². The normalized spacial score (nSPS) is 13.2. The summed E-state index contributed by atoms with van der Waals surface area (Å²) in [5.41, 5.74) is 0.781. The van der Waals surface area contributed by atoms with Gasteiger partial charge < -0.3 is 5.32 Å². The summed E-state index contributed by atoms with van der Waals surface area (Å²) in [4.78, 5) is 4.05. The topological polar surface area (TPSA) is 24.9 Å². The van der Waals surface area contributed by atoms with Crippen molar-refractivity contribution in [3.63, 3.8) is 0 Å². The second-order valence-electron chi connectivity index (χ2n) is 2.78. The van der Waals surface area contributed by atoms with Crippen molar-refractivity contribution in [3.05, 3.63) is 30.1 Å². The van der Waals surface area contributed by atoms with E-state index in [4.69, 9.17) is 0 Å². The molecule has 0 bridgehead atoms. The van der Waals surface area contributed by atoms with E-state index in [0.29, 0.717) is 0 Å². The first-order chi connectivity index (χ1) is 6.20. The molecule has 1 aromatic rings. The first-order valence-electron chi connectivity index (χ1n) is 4.12. The van der Waals surface area contributed by atoms with Crippen LogP contribution in [0.2, 0.25) is 0 Å². The molecule has 0 aliphatic heterocycles. The van der Waals surface area contributed by atoms with Crippen molar-refractivity contribution in [2.45, 2.75) is 19.4 Å². The quantitative estimate of drug-likeness (QED) is 0.777. The lowest BCUT2D eigenvalue weighted by atomic mass is 10.2. The lowest BCUT2D eigenvalue weighted by Crippen LogP contribution is -2.25. The molecule has 0 aliphatic carbocycles. The second kappa shape index (κ2) is 4.87. The van der Waals surface area contributed by atoms with Crippen LogP contribution in [0.1, 0.15) is 18.7 Å². The molecule has 0 amide bonds. The van der Waals surface area contributed by atoms with Gasteiger partial charge in [-0.05, 0) is 19.1 Å². The number of nitrogens with one attached hydrogen (secondary N) is 1. The van der Waals surface area contributed by atoms with Crippen LogP contribution in [0, 0.1) is 0 Å². The van der Waals surface area contributed by atoms with Gasteiger partial charge in [0.05, 0.1) is 12.2 Å². The maximum atomic E-state index is 11.8. The molecule has 13 heavy (non-hydrogen) atoms. The summed E-state index contributed by atoms with van der Waals surface area (Å²) in [6.45, 7) is 1.52. The molecule has 0 spiro atoms. The highest BCUT2D eigenvalue weighted by Gasteiger charge is 2.08. The van der Waals surface area contributed by atoms with Gasteiger partial charge in [-0.3, -0.25) is 4.98 Å². The molecule has 1 N–H and O–H groups in total. The summed E-state index contributed by atoms with van der Waals surface area (Å²) >= 11 is 0. The zero-order chi connectivity index (χ0) is 9.68. The van der Waals surface area contributed by atoms with Crippen LogP contribution in [0.5, 0.6) is 0 Å². The number of alkyl halides is 2. The van der Waals surface area contributed by atoms with E-state index in [1.165, 1.54) is 0 Å². The summed E-state index contributed by atoms with van der Waals surface area (Å²) in [5, 5.41) is 2.69. The largest absolute Gasteiger partial charge is 0.303 e. The van der Waals surface area contributed by atoms with Crippen LogP contribution in [0.4, 0.5) is 8.78 Å². The highest BCUT2D eigenvalue weighted by Crippen LogP contribution is 2.07. The van der Waals surface area contributed by atoms with Gasteiger partial charge in [-0.2, -0.15) is 0 Å². The summed E-state index contributed by atoms with van der Waals surface area (Å²) in [6.07, 6.45) is -0.665. The second-order valence-corrected chi connectivity index (χ2v) is 2.78. The number of halogens is 2. The Bertz CT molecular complexity index is 239. The van der Waals surface area contributed by atoms with Gasteiger partial charge in [-0.15, -0.1) is 0 Å². The van der Waals surface area contributed by atoms with Crippen molar-refractivity contribution in [1.29, 1.82) is 0 Å². The van der Waals surface area contributed by atoms with E-state index >= 15 is 0 Å². The fourth-order valence-corrected chi connectivity index (χ4v) is 1.00. The minimum absolute atomic E-state index is 0.129. The van der Waals surface area contributed by atoms with Gasteiger partial charge >= 0.3 is 0 Å². The maximum absolute atomic E-state index is 11.8. The van der Waals surface area contributed by atoms with E-state index in [1.54, 1.807) is 12.3 Å². The molecule has 72 valence electrons. The Morgan fingerprint density at radius 3 is 2.77 bits per heavy atom. The molecule has 1 atom stereocenters. The molecule has 0 aromatic carbocycles. The minimum Gasteiger partial charge on any atom is -0.303 e. The average molecular weight is 186 g/mol. The van der Waals surface area contributed by atoms with E-state index in [0.717, 1.165) is 5.69 Å². The Hall–Kier alpha value is -1.03. The average Bonchev–Trinajstić information content (AvgIpc) is 2.15. The van der Waals surface area contributed by atoms with Gasteiger partial charge in [0.25, 0.3) is 6.43 Å². The van der Waals surface area contributed by atoms with Crippen LogP contribution in [0.15, 0.2) is 24.4 Å². The van der Waals surface area contributed by atoms with Crippen molar-refractivity contribution in [2.75, 3.05) is 6.54 Å². The monoisotopic (exact) mass is 186 g/mol. The van der Waals surface area contributed by atoms with Crippen molar-refractivity contribution in [3.8, 4) is 0 Å². The van der Waals surface area contributed by atoms with Crippen LogP contribution in [0.3, 0.4) is 0 Å². The number of hydrogen-bond acceptors (Lipinski definition) is 2. The SMILES string of the molecule is CC(NCC(F)F)c1ccccn1. The molecule has 0 fully saturated rings. The Morgan fingerprint density at radius 2 is 2.23 bits per heavy atom. The number of hydrogen-bond donors (Lipinski definition) is 1. The zero-order valence-electron chi connectivity index (χ0n) is 7.37. The highest BCUT2D eigenvalue weighted by atomic mass is 19.3. The van der Waals surface area contributed by atoms with E-state index in [9.17, 15) is 8.78 Å². The van der Waals surface area contributed by atoms with E-state index in [2.05, 4.69) is 10.3 Å². The third kappa shape index (κ3) is 3.46. The van der Waals surface area contributed by atoms with Crippen LogP contribution >= 0.6 is 0 Å². The van der Waals surface area contributed by atoms with Crippen molar-refractivity contribution >= 4 is 0 Å². The maximum Gasteiger partial charge on any atom is 0.250 e. The summed E-state index contributed by atoms with van der Waals surface area (Å²) in [7, 11) is 0. The zero-order valence-corrected chi connectivity index (χ0v) is 7.37. The number of pyridine rings is 1. The predicted octanol–water partition coefficient (Wildman–Crippen LogP) is 2.00. The molecule has 0 saturated heterocycles. The fourth-order valence-electron chi connectivity index (χ4n) is 1.00. The van der Waals surface area contributed by atoms with Gasteiger partial charge in [0.2, 0.25) is 0 Å². The van der Waals surface area contributed by atoms with E-state index in [-0.39, 0.29) is 12.6 Å². The van der Waals surface area contributed by atoms with E-state index in [1.807, 2.05) is 19.1 Å². The van der Waals surface area contributed by atoms with Gasteiger partial charge in [0, 0.05) is 12.2 Å². The summed E-state index contributed by atoms with van der Waals surface area (Å²) < 4.78 is 23.7. The first-order valence-corrected chi connectivity index (χ1v) is 4.12. The third-order valence-corrected chi connectivity index (χ3v) is 1.71. The Kier molecular flexibility index (Phi) is 3.76. The van der Waals surface area contributed by atoms with Crippen LogP contribution in [-0.2, 0) is 0 Å². The van der Waals surface area contributed by atoms with E-state index < -0.39 is 6.43 Å². The standard InChI is InChI=1S/C9H12F2N2/c1-7(13-6-9(10)11)8-4-2-3-5-12-8/h2-5,7,9,13H,6H2,1H3. The highest BCUT2D eigenvalue weighted by molar-refractivity contribution is 5.07. The predicted molar refractivity (Wildman–Crippen MR) is 46.7 cm³/mol. The lowest BCUT2D eigenvalue weighted by molar-refractivity contribution is 0.142. The van der Waals surface area contributed by atoms with Crippen LogP contribution in [-0.4, -0.2) is 18.0 Å². The molecular weight excluding hydrogens is 174 g/mol. The van der Waals surface area contributed by atoms with Crippen molar-refractivity contribution < 1.29 is 8.78 Å². The van der Waals surface area contributed by atoms with Crippen LogP contribution in [0.25, 0.3) is 0 Å². The number of rotatable bonds is 4. The Balaban J connectivity index is 2.44. The fraction of sp³-hybridized carbons (Fsp3) is 0.444. The lowest BCUT2D eigenvalue weighted by Gasteiger charge is -2.12. The van der Waals surface area contributed by atoms with Gasteiger partial charge in [0.1, 0.15) is 0 Å². The molecule has 1 aromatic heterocycles. The summed E-state index contributed by atoms with van der Waals surface area (Å²) in [6, 6.07) is 5.31. The smallest absolute Gasteiger partial charge is 0.250 e. The molecule has 0 aliphatic rings. The molecular formula is C9H12F2N2. The Morgan fingerprint density at radius 1 is 1.46 bits per heavy atom.